The van der Waals surface area contributed by atoms with E-state index in [9.17, 15) is 9.90 Å². The Hall–Kier alpha value is -2.16. The lowest BCUT2D eigenvalue weighted by Gasteiger charge is -2.41. The zero-order valence-electron chi connectivity index (χ0n) is 16.8. The smallest absolute Gasteiger partial charge is 0.305 e. The summed E-state index contributed by atoms with van der Waals surface area (Å²) >= 11 is 0. The molecule has 1 aliphatic heterocycles. The molecule has 0 spiro atoms. The molecule has 0 unspecified atom stereocenters. The molecule has 1 fully saturated rings. The van der Waals surface area contributed by atoms with Gasteiger partial charge in [-0.05, 0) is 30.9 Å². The Morgan fingerprint density at radius 2 is 2.00 bits per heavy atom. The summed E-state index contributed by atoms with van der Waals surface area (Å²) in [6.07, 6.45) is -0.604. The minimum atomic E-state index is -1.10. The number of esters is 1. The second kappa shape index (κ2) is 12.4. The minimum Gasteiger partial charge on any atom is -0.469 e. The van der Waals surface area contributed by atoms with Crippen molar-refractivity contribution in [2.24, 2.45) is 5.11 Å². The van der Waals surface area contributed by atoms with Gasteiger partial charge in [-0.3, -0.25) is 4.79 Å². The molecule has 0 aromatic heterocycles. The molecule has 0 saturated carbocycles. The molecular weight excluding hydrogens is 378 g/mol. The molecule has 160 valence electrons. The first-order valence-electron chi connectivity index (χ1n) is 9.78. The summed E-state index contributed by atoms with van der Waals surface area (Å²) in [6, 6.07) is 8.88. The lowest BCUT2D eigenvalue weighted by molar-refractivity contribution is -0.277. The van der Waals surface area contributed by atoms with Crippen molar-refractivity contribution >= 4 is 5.97 Å². The van der Waals surface area contributed by atoms with E-state index in [4.69, 9.17) is 19.7 Å². The highest BCUT2D eigenvalue weighted by Crippen LogP contribution is 2.27. The van der Waals surface area contributed by atoms with E-state index in [1.165, 1.54) is 7.11 Å². The van der Waals surface area contributed by atoms with Crippen LogP contribution < -0.4 is 0 Å². The lowest BCUT2D eigenvalue weighted by Crippen LogP contribution is -2.57. The molecule has 9 nitrogen and oxygen atoms in total. The molecule has 1 aromatic carbocycles. The number of carbonyl (C=O) groups excluding carboxylic acids is 1. The van der Waals surface area contributed by atoms with Crippen LogP contribution in [0.3, 0.4) is 0 Å². The molecule has 9 heteroatoms. The molecule has 0 radical (unpaired) electrons. The number of aliphatic hydroxyl groups excluding tert-OH is 1. The van der Waals surface area contributed by atoms with E-state index in [-0.39, 0.29) is 12.6 Å². The summed E-state index contributed by atoms with van der Waals surface area (Å²) in [5.41, 5.74) is 9.82. The van der Waals surface area contributed by atoms with Crippen LogP contribution in [0.1, 0.15) is 38.2 Å². The van der Waals surface area contributed by atoms with Gasteiger partial charge in [0.25, 0.3) is 0 Å². The molecule has 1 aromatic rings. The normalized spacial score (nSPS) is 26.5. The van der Waals surface area contributed by atoms with Gasteiger partial charge in [-0.2, -0.15) is 0 Å². The van der Waals surface area contributed by atoms with E-state index >= 15 is 0 Å². The molecule has 5 atom stereocenters. The highest BCUT2D eigenvalue weighted by Gasteiger charge is 2.44. The number of benzene rings is 1. The number of methoxy groups -OCH3 is 1. The summed E-state index contributed by atoms with van der Waals surface area (Å²) in [7, 11) is 1.37. The minimum absolute atomic E-state index is 0.228. The number of rotatable bonds is 11. The van der Waals surface area contributed by atoms with Crippen LogP contribution in [0.15, 0.2) is 35.4 Å². The van der Waals surface area contributed by atoms with E-state index in [0.717, 1.165) is 12.0 Å². The van der Waals surface area contributed by atoms with Crippen LogP contribution >= 0.6 is 0 Å². The molecule has 1 aliphatic rings. The summed E-state index contributed by atoms with van der Waals surface area (Å²) in [5, 5.41) is 14.5. The highest BCUT2D eigenvalue weighted by molar-refractivity contribution is 5.68. The van der Waals surface area contributed by atoms with Crippen molar-refractivity contribution in [1.82, 2.24) is 0 Å². The standard InChI is InChI=1S/C20H29N3O6/c1-14-17(22-23-21)19(28-13-15-9-5-3-6-10-15)18(25)20(29-14)27-12-8-4-7-11-16(24)26-2/h3,5-6,9-10,14,17-20,25H,4,7-8,11-13H2,1-2H3/t14-,17-,18+,19+,20+/m1/s1. The van der Waals surface area contributed by atoms with Crippen molar-refractivity contribution < 1.29 is 28.8 Å². The molecule has 0 aliphatic carbocycles. The van der Waals surface area contributed by atoms with E-state index in [1.54, 1.807) is 6.92 Å². The zero-order valence-corrected chi connectivity index (χ0v) is 16.8. The largest absolute Gasteiger partial charge is 0.469 e. The zero-order chi connectivity index (χ0) is 21.1. The Bertz CT molecular complexity index is 667. The van der Waals surface area contributed by atoms with Gasteiger partial charge in [0.15, 0.2) is 6.29 Å². The first-order chi connectivity index (χ1) is 14.1. The Labute approximate surface area is 170 Å². The monoisotopic (exact) mass is 407 g/mol. The number of carbonyl (C=O) groups is 1. The Kier molecular flexibility index (Phi) is 9.90. The van der Waals surface area contributed by atoms with Gasteiger partial charge < -0.3 is 24.1 Å². The van der Waals surface area contributed by atoms with Crippen molar-refractivity contribution in [3.05, 3.63) is 46.3 Å². The molecule has 0 amide bonds. The SMILES string of the molecule is COC(=O)CCCCCO[C@H]1O[C@H](C)[C@@H](N=[N+]=[N-])[C@H](OCc2ccccc2)[C@@H]1O. The molecule has 1 N–H and O–H groups in total. The quantitative estimate of drug-likeness (QED) is 0.198. The number of hydrogen-bond donors (Lipinski definition) is 1. The summed E-state index contributed by atoms with van der Waals surface area (Å²) in [6.45, 7) is 2.40. The van der Waals surface area contributed by atoms with Gasteiger partial charge in [-0.25, -0.2) is 0 Å². The Morgan fingerprint density at radius 3 is 2.69 bits per heavy atom. The molecule has 2 rings (SSSR count). The van der Waals surface area contributed by atoms with Gasteiger partial charge in [0, 0.05) is 17.9 Å². The summed E-state index contributed by atoms with van der Waals surface area (Å²) in [5.74, 6) is -0.228. The second-order valence-electron chi connectivity index (χ2n) is 6.91. The maximum atomic E-state index is 11.1. The lowest BCUT2D eigenvalue weighted by atomic mass is 9.97. The first-order valence-corrected chi connectivity index (χ1v) is 9.78. The number of aliphatic hydroxyl groups is 1. The van der Waals surface area contributed by atoms with Crippen molar-refractivity contribution in [2.45, 2.75) is 69.9 Å². The number of unbranched alkanes of at least 4 members (excludes halogenated alkanes) is 2. The second-order valence-corrected chi connectivity index (χ2v) is 6.91. The average Bonchev–Trinajstić information content (AvgIpc) is 2.74. The van der Waals surface area contributed by atoms with Gasteiger partial charge in [0.05, 0.1) is 32.0 Å². The third-order valence-electron chi connectivity index (χ3n) is 4.79. The third kappa shape index (κ3) is 7.30. The average molecular weight is 407 g/mol. The molecule has 29 heavy (non-hydrogen) atoms. The van der Waals surface area contributed by atoms with E-state index in [0.29, 0.717) is 25.9 Å². The number of hydrogen-bond acceptors (Lipinski definition) is 7. The van der Waals surface area contributed by atoms with Crippen LogP contribution in [-0.4, -0.2) is 55.4 Å². The fraction of sp³-hybridized carbons (Fsp3) is 0.650. The summed E-state index contributed by atoms with van der Waals surface area (Å²) in [4.78, 5) is 14.0. The van der Waals surface area contributed by atoms with Crippen molar-refractivity contribution in [3.63, 3.8) is 0 Å². The third-order valence-corrected chi connectivity index (χ3v) is 4.79. The Morgan fingerprint density at radius 1 is 1.24 bits per heavy atom. The van der Waals surface area contributed by atoms with Crippen LogP contribution in [0, 0.1) is 0 Å². The number of ether oxygens (including phenoxy) is 4. The fourth-order valence-electron chi connectivity index (χ4n) is 3.17. The maximum Gasteiger partial charge on any atom is 0.305 e. The van der Waals surface area contributed by atoms with Gasteiger partial charge in [0.2, 0.25) is 0 Å². The van der Waals surface area contributed by atoms with Crippen LogP contribution in [0.25, 0.3) is 10.4 Å². The maximum absolute atomic E-state index is 11.1. The molecule has 0 bridgehead atoms. The van der Waals surface area contributed by atoms with Crippen molar-refractivity contribution in [2.75, 3.05) is 13.7 Å². The Balaban J connectivity index is 1.88. The fourth-order valence-corrected chi connectivity index (χ4v) is 3.17. The van der Waals surface area contributed by atoms with Crippen LogP contribution in [-0.2, 0) is 30.3 Å². The first kappa shape index (κ1) is 23.1. The van der Waals surface area contributed by atoms with Gasteiger partial charge in [0.1, 0.15) is 6.10 Å². The molecule has 1 heterocycles. The van der Waals surface area contributed by atoms with E-state index in [1.807, 2.05) is 30.3 Å². The van der Waals surface area contributed by atoms with Crippen LogP contribution in [0.4, 0.5) is 0 Å². The molecular formula is C20H29N3O6. The number of azide groups is 1. The number of nitrogens with zero attached hydrogens (tertiary/aromatic N) is 3. The molecule has 1 saturated heterocycles. The summed E-state index contributed by atoms with van der Waals surface area (Å²) < 4.78 is 21.9. The van der Waals surface area contributed by atoms with Crippen LogP contribution in [0.5, 0.6) is 0 Å². The van der Waals surface area contributed by atoms with Crippen molar-refractivity contribution in [3.8, 4) is 0 Å². The van der Waals surface area contributed by atoms with E-state index in [2.05, 4.69) is 14.8 Å². The highest BCUT2D eigenvalue weighted by atomic mass is 16.7. The van der Waals surface area contributed by atoms with Gasteiger partial charge >= 0.3 is 5.97 Å². The van der Waals surface area contributed by atoms with E-state index < -0.39 is 30.6 Å². The topological polar surface area (TPSA) is 123 Å². The van der Waals surface area contributed by atoms with Gasteiger partial charge in [-0.1, -0.05) is 41.9 Å². The predicted octanol–water partition coefficient (Wildman–Crippen LogP) is 3.11. The van der Waals surface area contributed by atoms with Crippen molar-refractivity contribution in [1.29, 1.82) is 0 Å². The van der Waals surface area contributed by atoms with Gasteiger partial charge in [-0.15, -0.1) is 0 Å². The van der Waals surface area contributed by atoms with Crippen LogP contribution in [0.2, 0.25) is 0 Å². The predicted molar refractivity (Wildman–Crippen MR) is 105 cm³/mol.